The first-order valence-electron chi connectivity index (χ1n) is 7.44. The summed E-state index contributed by atoms with van der Waals surface area (Å²) in [5, 5.41) is 0. The van der Waals surface area contributed by atoms with Gasteiger partial charge in [0.25, 0.3) is 0 Å². The summed E-state index contributed by atoms with van der Waals surface area (Å²) in [5.41, 5.74) is 0. The molecular weight excluding hydrogens is 408 g/mol. The van der Waals surface area contributed by atoms with Crippen LogP contribution in [-0.2, 0) is 14.8 Å². The normalized spacial score (nSPS) is 12.9. The molecule has 156 valence electrons. The summed E-state index contributed by atoms with van der Waals surface area (Å²) >= 11 is 0. The predicted octanol–water partition coefficient (Wildman–Crippen LogP) is 2.88. The Kier molecular flexibility index (Phi) is 8.17. The first-order chi connectivity index (χ1) is 12.3. The quantitative estimate of drug-likeness (QED) is 0.461. The van der Waals surface area contributed by atoms with Crippen molar-refractivity contribution in [1.29, 1.82) is 0 Å². The molecule has 0 unspecified atom stereocenters. The number of sulfonamides is 1. The van der Waals surface area contributed by atoms with Gasteiger partial charge in [-0.3, -0.25) is 0 Å². The molecule has 0 fully saturated rings. The molecule has 0 aliphatic carbocycles. The molecule has 0 saturated carbocycles. The minimum absolute atomic E-state index is 0.0151. The van der Waals surface area contributed by atoms with Gasteiger partial charge in [0.15, 0.2) is 13.2 Å². The van der Waals surface area contributed by atoms with Crippen molar-refractivity contribution in [1.82, 2.24) is 4.72 Å². The zero-order valence-electron chi connectivity index (χ0n) is 14.0. The number of benzene rings is 1. The highest BCUT2D eigenvalue weighted by Gasteiger charge is 2.31. The molecule has 1 N–H and O–H groups in total. The number of halogens is 6. The van der Waals surface area contributed by atoms with Gasteiger partial charge in [-0.25, -0.2) is 13.1 Å². The number of hydrogen-bond donors (Lipinski definition) is 1. The highest BCUT2D eigenvalue weighted by molar-refractivity contribution is 7.89. The molecule has 0 spiro atoms. The van der Waals surface area contributed by atoms with E-state index in [1.54, 1.807) is 6.92 Å². The first-order valence-corrected chi connectivity index (χ1v) is 8.93. The van der Waals surface area contributed by atoms with Gasteiger partial charge in [0.2, 0.25) is 10.0 Å². The Morgan fingerprint density at radius 1 is 1.00 bits per heavy atom. The van der Waals surface area contributed by atoms with E-state index >= 15 is 0 Å². The van der Waals surface area contributed by atoms with Crippen molar-refractivity contribution in [3.05, 3.63) is 18.2 Å². The van der Waals surface area contributed by atoms with E-state index < -0.39 is 52.0 Å². The van der Waals surface area contributed by atoms with Crippen LogP contribution in [0, 0.1) is 0 Å². The second-order valence-electron chi connectivity index (χ2n) is 5.01. The van der Waals surface area contributed by atoms with E-state index in [1.807, 2.05) is 0 Å². The summed E-state index contributed by atoms with van der Waals surface area (Å²) in [4.78, 5) is -0.789. The van der Waals surface area contributed by atoms with Crippen molar-refractivity contribution < 1.29 is 49.0 Å². The molecule has 0 aliphatic heterocycles. The van der Waals surface area contributed by atoms with Gasteiger partial charge in [0.05, 0.1) is 6.61 Å². The van der Waals surface area contributed by atoms with Gasteiger partial charge < -0.3 is 14.2 Å². The second kappa shape index (κ2) is 9.46. The van der Waals surface area contributed by atoms with Gasteiger partial charge in [-0.1, -0.05) is 0 Å². The number of nitrogens with one attached hydrogen (secondary N) is 1. The minimum Gasteiger partial charge on any atom is -0.484 e. The van der Waals surface area contributed by atoms with Crippen LogP contribution in [0.2, 0.25) is 0 Å². The second-order valence-corrected chi connectivity index (χ2v) is 6.75. The molecule has 1 rings (SSSR count). The molecule has 0 saturated heterocycles. The van der Waals surface area contributed by atoms with Crippen molar-refractivity contribution in [3.8, 4) is 11.5 Å². The number of hydrogen-bond acceptors (Lipinski definition) is 5. The lowest BCUT2D eigenvalue weighted by Gasteiger charge is -2.16. The highest BCUT2D eigenvalue weighted by atomic mass is 32.2. The standard InChI is InChI=1S/C14H17F6NO5S/c1-2-24-6-5-21-27(22,23)12-7-10(25-8-13(15,16)17)3-4-11(12)26-9-14(18,19)20/h3-4,7,21H,2,5-6,8-9H2,1H3. The molecule has 13 heteroatoms. The van der Waals surface area contributed by atoms with Crippen LogP contribution in [0.1, 0.15) is 6.92 Å². The van der Waals surface area contributed by atoms with Gasteiger partial charge in [-0.15, -0.1) is 0 Å². The Bertz CT molecular complexity index is 705. The minimum atomic E-state index is -4.74. The maximum Gasteiger partial charge on any atom is 0.422 e. The monoisotopic (exact) mass is 425 g/mol. The maximum atomic E-state index is 12.3. The third-order valence-electron chi connectivity index (χ3n) is 2.74. The molecule has 0 radical (unpaired) electrons. The Morgan fingerprint density at radius 2 is 1.59 bits per heavy atom. The predicted molar refractivity (Wildman–Crippen MR) is 81.2 cm³/mol. The fraction of sp³-hybridized carbons (Fsp3) is 0.571. The third-order valence-corrected chi connectivity index (χ3v) is 4.22. The smallest absolute Gasteiger partial charge is 0.422 e. The molecule has 1 aromatic rings. The third kappa shape index (κ3) is 9.15. The van der Waals surface area contributed by atoms with Crippen molar-refractivity contribution in [2.75, 3.05) is 33.0 Å². The van der Waals surface area contributed by atoms with Crippen molar-refractivity contribution in [2.45, 2.75) is 24.2 Å². The largest absolute Gasteiger partial charge is 0.484 e. The molecule has 0 aliphatic rings. The maximum absolute atomic E-state index is 12.3. The summed E-state index contributed by atoms with van der Waals surface area (Å²) < 4.78 is 114. The zero-order valence-corrected chi connectivity index (χ0v) is 14.8. The fourth-order valence-electron chi connectivity index (χ4n) is 1.70. The van der Waals surface area contributed by atoms with Crippen molar-refractivity contribution >= 4 is 10.0 Å². The molecular formula is C14H17F6NO5S. The number of alkyl halides is 6. The van der Waals surface area contributed by atoms with Crippen LogP contribution >= 0.6 is 0 Å². The topological polar surface area (TPSA) is 73.9 Å². The van der Waals surface area contributed by atoms with Crippen LogP contribution in [0.15, 0.2) is 23.1 Å². The van der Waals surface area contributed by atoms with Crippen LogP contribution in [0.25, 0.3) is 0 Å². The SMILES string of the molecule is CCOCCNS(=O)(=O)c1cc(OCC(F)(F)F)ccc1OCC(F)(F)F. The Morgan fingerprint density at radius 3 is 2.15 bits per heavy atom. The average Bonchev–Trinajstić information content (AvgIpc) is 2.54. The van der Waals surface area contributed by atoms with E-state index in [4.69, 9.17) is 4.74 Å². The number of ether oxygens (including phenoxy) is 3. The Labute approximate surface area is 151 Å². The van der Waals surface area contributed by atoms with E-state index in [2.05, 4.69) is 14.2 Å². The van der Waals surface area contributed by atoms with Crippen molar-refractivity contribution in [2.24, 2.45) is 0 Å². The lowest BCUT2D eigenvalue weighted by Crippen LogP contribution is -2.28. The molecule has 0 amide bonds. The zero-order chi connectivity index (χ0) is 20.7. The van der Waals surface area contributed by atoms with Gasteiger partial charge in [-0.2, -0.15) is 26.3 Å². The van der Waals surface area contributed by atoms with E-state index in [-0.39, 0.29) is 13.2 Å². The number of rotatable bonds is 10. The molecule has 0 aromatic heterocycles. The Hall–Kier alpha value is -1.73. The van der Waals surface area contributed by atoms with E-state index in [9.17, 15) is 34.8 Å². The summed E-state index contributed by atoms with van der Waals surface area (Å²) in [6.45, 7) is -1.73. The van der Waals surface area contributed by atoms with Gasteiger partial charge >= 0.3 is 12.4 Å². The van der Waals surface area contributed by atoms with Crippen LogP contribution in [0.5, 0.6) is 11.5 Å². The van der Waals surface area contributed by atoms with Crippen LogP contribution in [0.4, 0.5) is 26.3 Å². The molecule has 27 heavy (non-hydrogen) atoms. The van der Waals surface area contributed by atoms with Gasteiger partial charge in [0, 0.05) is 19.2 Å². The summed E-state index contributed by atoms with van der Waals surface area (Å²) in [7, 11) is -4.40. The van der Waals surface area contributed by atoms with Gasteiger partial charge in [0.1, 0.15) is 16.4 Å². The van der Waals surface area contributed by atoms with Crippen LogP contribution in [-0.4, -0.2) is 53.7 Å². The average molecular weight is 425 g/mol. The Balaban J connectivity index is 3.08. The van der Waals surface area contributed by atoms with Crippen LogP contribution < -0.4 is 14.2 Å². The molecule has 1 aromatic carbocycles. The lowest BCUT2D eigenvalue weighted by molar-refractivity contribution is -0.154. The summed E-state index contributed by atoms with van der Waals surface area (Å²) in [5.74, 6) is -1.19. The van der Waals surface area contributed by atoms with Crippen LogP contribution in [0.3, 0.4) is 0 Å². The highest BCUT2D eigenvalue weighted by Crippen LogP contribution is 2.30. The van der Waals surface area contributed by atoms with E-state index in [0.29, 0.717) is 12.7 Å². The van der Waals surface area contributed by atoms with E-state index in [1.165, 1.54) is 0 Å². The van der Waals surface area contributed by atoms with Crippen molar-refractivity contribution in [3.63, 3.8) is 0 Å². The fourth-order valence-corrected chi connectivity index (χ4v) is 2.87. The molecule has 0 atom stereocenters. The lowest BCUT2D eigenvalue weighted by atomic mass is 10.3. The molecule has 6 nitrogen and oxygen atoms in total. The molecule has 0 bridgehead atoms. The van der Waals surface area contributed by atoms with E-state index in [0.717, 1.165) is 12.1 Å². The molecule has 0 heterocycles. The summed E-state index contributed by atoms with van der Waals surface area (Å²) in [6, 6.07) is 2.31. The van der Waals surface area contributed by atoms with Gasteiger partial charge in [-0.05, 0) is 19.1 Å². The first kappa shape index (κ1) is 23.3. The summed E-state index contributed by atoms with van der Waals surface area (Å²) in [6.07, 6.45) is -9.42.